The molecule has 25 heavy (non-hydrogen) atoms. The van der Waals surface area contributed by atoms with E-state index in [1.54, 1.807) is 63.1 Å². The van der Waals surface area contributed by atoms with Gasteiger partial charge in [-0.1, -0.05) is 18.3 Å². The summed E-state index contributed by atoms with van der Waals surface area (Å²) in [6, 6.07) is 10.6. The van der Waals surface area contributed by atoms with Gasteiger partial charge in [-0.05, 0) is 0 Å². The Bertz CT molecular complexity index is 638. The average molecular weight is 493 g/mol. The van der Waals surface area contributed by atoms with Crippen LogP contribution in [-0.2, 0) is 35.3 Å². The molecule has 0 spiro atoms. The van der Waals surface area contributed by atoms with Gasteiger partial charge in [-0.15, -0.1) is 36.4 Å². The molecule has 0 fully saturated rings. The normalized spacial score (nSPS) is 11.9. The van der Waals surface area contributed by atoms with Crippen LogP contribution in [0.3, 0.4) is 0 Å². The molecule has 11 heteroatoms. The summed E-state index contributed by atoms with van der Waals surface area (Å²) in [4.78, 5) is 0. The number of hydrogen-bond donors (Lipinski definition) is 0. The van der Waals surface area contributed by atoms with Crippen LogP contribution in [0.15, 0.2) is 36.4 Å². The Morgan fingerprint density at radius 3 is 1.12 bits per heavy atom. The summed E-state index contributed by atoms with van der Waals surface area (Å²) in [5, 5.41) is 3.17. The first kappa shape index (κ1) is 25.4. The maximum absolute atomic E-state index is 10.9. The van der Waals surface area contributed by atoms with Crippen molar-refractivity contribution in [1.29, 1.82) is 0 Å². The van der Waals surface area contributed by atoms with Gasteiger partial charge in [-0.25, -0.2) is 0 Å². The molecule has 4 unspecified atom stereocenters. The van der Waals surface area contributed by atoms with E-state index in [9.17, 15) is 18.3 Å². The van der Waals surface area contributed by atoms with Crippen molar-refractivity contribution >= 4 is 71.0 Å². The van der Waals surface area contributed by atoms with Crippen LogP contribution < -0.4 is 21.2 Å². The zero-order valence-electron chi connectivity index (χ0n) is 14.1. The van der Waals surface area contributed by atoms with Crippen molar-refractivity contribution in [3.05, 3.63) is 36.4 Å². The van der Waals surface area contributed by atoms with E-state index < -0.39 is 48.2 Å². The Morgan fingerprint density at radius 1 is 0.720 bits per heavy atom. The molecule has 134 valence electrons. The third kappa shape index (κ3) is 10.3. The van der Waals surface area contributed by atoms with Crippen molar-refractivity contribution in [3.8, 4) is 0 Å². The molecule has 0 heterocycles. The van der Waals surface area contributed by atoms with Gasteiger partial charge in [0.1, 0.15) is 26.7 Å². The number of halogens is 2. The molecular weight excluding hydrogens is 475 g/mol. The van der Waals surface area contributed by atoms with Gasteiger partial charge in [0, 0.05) is 10.6 Å². The van der Waals surface area contributed by atoms with Gasteiger partial charge in [0.05, 0.1) is 10.6 Å². The summed E-state index contributed by atoms with van der Waals surface area (Å²) in [5.41, 5.74) is 0. The van der Waals surface area contributed by atoms with Crippen LogP contribution in [0.4, 0.5) is 0 Å². The van der Waals surface area contributed by atoms with Gasteiger partial charge in [-0.3, -0.25) is 0 Å². The molecule has 0 amide bonds. The van der Waals surface area contributed by atoms with Gasteiger partial charge in [0.2, 0.25) is 0 Å². The minimum atomic E-state index is -1.28. The quantitative estimate of drug-likeness (QED) is 0.357. The van der Waals surface area contributed by atoms with Crippen molar-refractivity contribution in [2.45, 2.75) is 0 Å². The summed E-state index contributed by atoms with van der Waals surface area (Å²) in [6.45, 7) is 6.60. The fraction of sp³-hybridized carbons (Fsp3) is 0.286. The molecule has 0 aromatic heterocycles. The van der Waals surface area contributed by atoms with Crippen LogP contribution in [0.5, 0.6) is 0 Å². The van der Waals surface area contributed by atoms with Crippen LogP contribution >= 0.6 is 49.8 Å². The molecule has 2 aromatic carbocycles. The third-order valence-corrected chi connectivity index (χ3v) is 6.92. The summed E-state index contributed by atoms with van der Waals surface area (Å²) in [6.07, 6.45) is 0. The first-order chi connectivity index (χ1) is 11.6. The first-order valence-corrected chi connectivity index (χ1v) is 17.9. The van der Waals surface area contributed by atoms with Gasteiger partial charge < -0.3 is 0 Å². The summed E-state index contributed by atoms with van der Waals surface area (Å²) >= 11 is -0.556. The second-order valence-corrected chi connectivity index (χ2v) is 13.3. The molecule has 0 aliphatic carbocycles. The van der Waals surface area contributed by atoms with Crippen molar-refractivity contribution < 1.29 is 35.3 Å². The zero-order chi connectivity index (χ0) is 19.6. The molecule has 2 rings (SSSR count). The van der Waals surface area contributed by atoms with E-state index in [2.05, 4.69) is 0 Å². The molecule has 0 aliphatic rings. The predicted octanol–water partition coefficient (Wildman–Crippen LogP) is 4.52. The molecule has 4 atom stereocenters. The van der Waals surface area contributed by atoms with Crippen molar-refractivity contribution in [3.63, 3.8) is 0 Å². The van der Waals surface area contributed by atoms with E-state index in [1.807, 2.05) is 0 Å². The molecule has 2 aromatic rings. The second-order valence-electron chi connectivity index (χ2n) is 4.72. The van der Waals surface area contributed by atoms with Gasteiger partial charge in [0.15, 0.2) is 0 Å². The van der Waals surface area contributed by atoms with E-state index in [0.717, 1.165) is 21.2 Å². The Morgan fingerprint density at radius 2 is 1.00 bits per heavy atom. The molecule has 0 N–H and O–H groups in total. The van der Waals surface area contributed by atoms with Crippen molar-refractivity contribution in [1.82, 2.24) is 0 Å². The zero-order valence-corrected chi connectivity index (χ0v) is 20.8. The Hall–Kier alpha value is 0.394. The second kappa shape index (κ2) is 13.5. The fourth-order valence-electron chi connectivity index (χ4n) is 1.62. The number of rotatable bonds is 4. The maximum atomic E-state index is 10.9. The SMILES string of the molecule is C[P+](=O)c1c[cH-]c([P+](C)=O)c1.C[P+](=O)c1c[cH-]c([P+](C)=O)c1.[Cl][Ti][Cl]. The van der Waals surface area contributed by atoms with Gasteiger partial charge in [0.25, 0.3) is 0 Å². The van der Waals surface area contributed by atoms with E-state index >= 15 is 0 Å². The summed E-state index contributed by atoms with van der Waals surface area (Å²) < 4.78 is 43.7. The molecule has 0 radical (unpaired) electrons. The molecule has 0 saturated heterocycles. The van der Waals surface area contributed by atoms with Crippen LogP contribution in [0.25, 0.3) is 0 Å². The van der Waals surface area contributed by atoms with Crippen LogP contribution in [-0.4, -0.2) is 26.7 Å². The van der Waals surface area contributed by atoms with Crippen LogP contribution in [0, 0.1) is 0 Å². The predicted molar refractivity (Wildman–Crippen MR) is 108 cm³/mol. The molecule has 0 bridgehead atoms. The van der Waals surface area contributed by atoms with E-state index in [1.165, 1.54) is 0 Å². The van der Waals surface area contributed by atoms with Crippen molar-refractivity contribution in [2.24, 2.45) is 0 Å². The van der Waals surface area contributed by atoms with E-state index in [-0.39, 0.29) is 0 Å². The Kier molecular flexibility index (Phi) is 13.8. The van der Waals surface area contributed by atoms with Crippen LogP contribution in [0.1, 0.15) is 0 Å². The minimum absolute atomic E-state index is 0.556. The van der Waals surface area contributed by atoms with E-state index in [0.29, 0.717) is 0 Å². The molecule has 0 aliphatic heterocycles. The van der Waals surface area contributed by atoms with Gasteiger partial charge >= 0.3 is 66.8 Å². The third-order valence-electron chi connectivity index (χ3n) is 2.90. The first-order valence-electron chi connectivity index (χ1n) is 6.77. The molecule has 0 saturated carbocycles. The van der Waals surface area contributed by atoms with Crippen molar-refractivity contribution in [2.75, 3.05) is 26.7 Å². The molecular formula is C14H18Cl2O4P4Ti+2. The summed E-state index contributed by atoms with van der Waals surface area (Å²) in [7, 11) is 4.67. The average Bonchev–Trinajstić information content (AvgIpc) is 3.18. The monoisotopic (exact) mass is 492 g/mol. The standard InChI is InChI=1S/2C7H9O2P2.2ClH.Ti/c2*1-10(8)6-3-4-7(5-6)11(2)9;;;/h2*3-5H,1-2H3;2*1H;/q2*+1;;;+2/p-2. The summed E-state index contributed by atoms with van der Waals surface area (Å²) in [5.74, 6) is 0. The Labute approximate surface area is 168 Å². The fourth-order valence-corrected chi connectivity index (χ4v) is 4.25. The topological polar surface area (TPSA) is 68.3 Å². The molecule has 4 nitrogen and oxygen atoms in total. The Balaban J connectivity index is 0.000000399. The number of hydrogen-bond acceptors (Lipinski definition) is 4. The van der Waals surface area contributed by atoms with E-state index in [4.69, 9.17) is 18.6 Å². The van der Waals surface area contributed by atoms with Gasteiger partial charge in [-0.2, -0.15) is 0 Å². The van der Waals surface area contributed by atoms with Crippen LogP contribution in [0.2, 0.25) is 0 Å².